The molecule has 0 bridgehead atoms. The number of anilines is 1. The molecule has 1 aromatic heterocycles. The van der Waals surface area contributed by atoms with Gasteiger partial charge in [-0.25, -0.2) is 0 Å². The Morgan fingerprint density at radius 3 is 2.62 bits per heavy atom. The molecule has 6 nitrogen and oxygen atoms in total. The van der Waals surface area contributed by atoms with E-state index in [1.54, 1.807) is 19.1 Å². The lowest BCUT2D eigenvalue weighted by Crippen LogP contribution is -2.43. The van der Waals surface area contributed by atoms with E-state index in [0.717, 1.165) is 43.0 Å². The quantitative estimate of drug-likeness (QED) is 0.706. The summed E-state index contributed by atoms with van der Waals surface area (Å²) in [5.74, 6) is 0.522. The number of carbonyl (C=O) groups excluding carboxylic acids is 1. The van der Waals surface area contributed by atoms with Crippen LogP contribution in [-0.2, 0) is 6.54 Å². The van der Waals surface area contributed by atoms with Gasteiger partial charge in [0.1, 0.15) is 17.1 Å². The van der Waals surface area contributed by atoms with Crippen LogP contribution in [0.2, 0.25) is 0 Å². The first kappa shape index (κ1) is 19.5. The number of nitrogens with zero attached hydrogens (tertiary/aromatic N) is 2. The minimum Gasteiger partial charge on any atom is -0.508 e. The third-order valence-electron chi connectivity index (χ3n) is 5.60. The molecular weight excluding hydrogens is 366 g/mol. The average Bonchev–Trinajstić information content (AvgIpc) is 3.02. The molecule has 4 rings (SSSR count). The van der Waals surface area contributed by atoms with Gasteiger partial charge in [-0.15, -0.1) is 0 Å². The zero-order valence-electron chi connectivity index (χ0n) is 17.2. The topological polar surface area (TPSA) is 68.9 Å². The summed E-state index contributed by atoms with van der Waals surface area (Å²) in [4.78, 5) is 17.7. The monoisotopic (exact) mass is 393 g/mol. The van der Waals surface area contributed by atoms with Gasteiger partial charge in [0.25, 0.3) is 5.91 Å². The first-order chi connectivity index (χ1) is 13.9. The second-order valence-corrected chi connectivity index (χ2v) is 7.87. The summed E-state index contributed by atoms with van der Waals surface area (Å²) < 4.78 is 5.88. The van der Waals surface area contributed by atoms with Crippen LogP contribution in [0.25, 0.3) is 11.0 Å². The average molecular weight is 393 g/mol. The summed E-state index contributed by atoms with van der Waals surface area (Å²) in [6.07, 6.45) is 0. The molecule has 1 saturated heterocycles. The molecule has 2 N–H and O–H groups in total. The Bertz CT molecular complexity index is 1050. The Kier molecular flexibility index (Phi) is 5.30. The van der Waals surface area contributed by atoms with E-state index in [2.05, 4.69) is 22.2 Å². The van der Waals surface area contributed by atoms with E-state index in [0.29, 0.717) is 28.8 Å². The summed E-state index contributed by atoms with van der Waals surface area (Å²) in [5.41, 5.74) is 3.67. The molecule has 0 atom stereocenters. The van der Waals surface area contributed by atoms with Crippen LogP contribution in [0.5, 0.6) is 5.75 Å². The van der Waals surface area contributed by atoms with E-state index < -0.39 is 0 Å². The standard InChI is InChI=1S/C23H27N3O3/c1-15-5-4-6-17(13-15)24-23(28)21-16(2)29-20-8-7-19(27)18(22(20)21)14-26-11-9-25(3)10-12-26/h4-8,13,27H,9-12,14H2,1-3H3,(H,24,28). The predicted octanol–water partition coefficient (Wildman–Crippen LogP) is 3.75. The predicted molar refractivity (Wildman–Crippen MR) is 115 cm³/mol. The van der Waals surface area contributed by atoms with E-state index >= 15 is 0 Å². The van der Waals surface area contributed by atoms with E-state index in [-0.39, 0.29) is 11.7 Å². The third-order valence-corrected chi connectivity index (χ3v) is 5.60. The third kappa shape index (κ3) is 3.99. The molecule has 1 amide bonds. The first-order valence-corrected chi connectivity index (χ1v) is 9.95. The minimum atomic E-state index is -0.225. The molecule has 3 aromatic rings. The number of likely N-dealkylation sites (N-methyl/N-ethyl adjacent to an activating group) is 1. The van der Waals surface area contributed by atoms with Crippen LogP contribution < -0.4 is 5.32 Å². The number of piperazine rings is 1. The lowest BCUT2D eigenvalue weighted by atomic mass is 10.0. The number of phenols is 1. The fourth-order valence-electron chi connectivity index (χ4n) is 3.95. The molecule has 1 fully saturated rings. The van der Waals surface area contributed by atoms with E-state index in [9.17, 15) is 9.90 Å². The number of nitrogens with one attached hydrogen (secondary N) is 1. The van der Waals surface area contributed by atoms with Crippen molar-refractivity contribution in [3.8, 4) is 5.75 Å². The van der Waals surface area contributed by atoms with Crippen LogP contribution in [0.4, 0.5) is 5.69 Å². The molecule has 152 valence electrons. The summed E-state index contributed by atoms with van der Waals surface area (Å²) in [6, 6.07) is 11.1. The van der Waals surface area contributed by atoms with Gasteiger partial charge < -0.3 is 19.7 Å². The van der Waals surface area contributed by atoms with Crippen molar-refractivity contribution in [1.29, 1.82) is 0 Å². The normalized spacial score (nSPS) is 15.7. The zero-order valence-corrected chi connectivity index (χ0v) is 17.2. The van der Waals surface area contributed by atoms with Gasteiger partial charge in [-0.2, -0.15) is 0 Å². The highest BCUT2D eigenvalue weighted by atomic mass is 16.3. The van der Waals surface area contributed by atoms with Crippen molar-refractivity contribution in [2.45, 2.75) is 20.4 Å². The van der Waals surface area contributed by atoms with Crippen LogP contribution >= 0.6 is 0 Å². The van der Waals surface area contributed by atoms with Gasteiger partial charge >= 0.3 is 0 Å². The molecule has 0 aliphatic carbocycles. The number of hydrogen-bond donors (Lipinski definition) is 2. The Morgan fingerprint density at radius 2 is 1.90 bits per heavy atom. The molecule has 0 saturated carbocycles. The smallest absolute Gasteiger partial charge is 0.259 e. The molecule has 2 heterocycles. The largest absolute Gasteiger partial charge is 0.508 e. The molecule has 29 heavy (non-hydrogen) atoms. The molecular formula is C23H27N3O3. The maximum absolute atomic E-state index is 13.1. The maximum atomic E-state index is 13.1. The van der Waals surface area contributed by atoms with Gasteiger partial charge in [-0.05, 0) is 50.7 Å². The number of hydrogen-bond acceptors (Lipinski definition) is 5. The summed E-state index contributed by atoms with van der Waals surface area (Å²) in [6.45, 7) is 8.19. The number of amides is 1. The number of phenolic OH excluding ortho intramolecular Hbond substituents is 1. The van der Waals surface area contributed by atoms with Crippen LogP contribution in [0.15, 0.2) is 40.8 Å². The Balaban J connectivity index is 1.71. The zero-order chi connectivity index (χ0) is 20.5. The molecule has 0 unspecified atom stereocenters. The van der Waals surface area contributed by atoms with Gasteiger partial charge in [0.05, 0.1) is 5.56 Å². The SMILES string of the molecule is Cc1cccc(NC(=O)c2c(C)oc3ccc(O)c(CN4CCN(C)CC4)c23)c1. The van der Waals surface area contributed by atoms with Crippen molar-refractivity contribution in [3.05, 3.63) is 58.8 Å². The maximum Gasteiger partial charge on any atom is 0.259 e. The summed E-state index contributed by atoms with van der Waals surface area (Å²) in [5, 5.41) is 14.3. The molecule has 0 spiro atoms. The van der Waals surface area contributed by atoms with Crippen molar-refractivity contribution in [3.63, 3.8) is 0 Å². The minimum absolute atomic E-state index is 0.196. The fraction of sp³-hybridized carbons (Fsp3) is 0.348. The van der Waals surface area contributed by atoms with E-state index in [4.69, 9.17) is 4.42 Å². The van der Waals surface area contributed by atoms with Crippen molar-refractivity contribution in [2.24, 2.45) is 0 Å². The molecule has 1 aliphatic heterocycles. The summed E-state index contributed by atoms with van der Waals surface area (Å²) >= 11 is 0. The highest BCUT2D eigenvalue weighted by Crippen LogP contribution is 2.35. The fourth-order valence-corrected chi connectivity index (χ4v) is 3.95. The van der Waals surface area contributed by atoms with Gasteiger partial charge in [0.15, 0.2) is 0 Å². The highest BCUT2D eigenvalue weighted by Gasteiger charge is 2.25. The molecule has 1 aliphatic rings. The Morgan fingerprint density at radius 1 is 1.14 bits per heavy atom. The van der Waals surface area contributed by atoms with Crippen LogP contribution in [-0.4, -0.2) is 54.0 Å². The number of carbonyl (C=O) groups is 1. The number of rotatable bonds is 4. The van der Waals surface area contributed by atoms with Gasteiger partial charge in [0.2, 0.25) is 0 Å². The number of furan rings is 1. The molecule has 0 radical (unpaired) electrons. The van der Waals surface area contributed by atoms with Crippen LogP contribution in [0.3, 0.4) is 0 Å². The van der Waals surface area contributed by atoms with Crippen molar-refractivity contribution in [1.82, 2.24) is 9.80 Å². The Hall–Kier alpha value is -2.83. The van der Waals surface area contributed by atoms with E-state index in [1.165, 1.54) is 0 Å². The number of benzene rings is 2. The van der Waals surface area contributed by atoms with Crippen molar-refractivity contribution in [2.75, 3.05) is 38.5 Å². The molecule has 6 heteroatoms. The van der Waals surface area contributed by atoms with Gasteiger partial charge in [0, 0.05) is 49.4 Å². The van der Waals surface area contributed by atoms with Crippen molar-refractivity contribution >= 4 is 22.6 Å². The van der Waals surface area contributed by atoms with E-state index in [1.807, 2.05) is 31.2 Å². The van der Waals surface area contributed by atoms with Gasteiger partial charge in [-0.3, -0.25) is 9.69 Å². The van der Waals surface area contributed by atoms with Crippen LogP contribution in [0.1, 0.15) is 27.2 Å². The lowest BCUT2D eigenvalue weighted by Gasteiger charge is -2.32. The first-order valence-electron chi connectivity index (χ1n) is 9.95. The Labute approximate surface area is 170 Å². The second kappa shape index (κ2) is 7.89. The molecule has 2 aromatic carbocycles. The number of aryl methyl sites for hydroxylation is 2. The second-order valence-electron chi connectivity index (χ2n) is 7.87. The number of fused-ring (bicyclic) bond motifs is 1. The van der Waals surface area contributed by atoms with Crippen molar-refractivity contribution < 1.29 is 14.3 Å². The summed E-state index contributed by atoms with van der Waals surface area (Å²) in [7, 11) is 2.11. The lowest BCUT2D eigenvalue weighted by molar-refractivity contribution is 0.102. The highest BCUT2D eigenvalue weighted by molar-refractivity contribution is 6.14. The number of aromatic hydroxyl groups is 1. The van der Waals surface area contributed by atoms with Crippen LogP contribution in [0, 0.1) is 13.8 Å². The van der Waals surface area contributed by atoms with Gasteiger partial charge in [-0.1, -0.05) is 12.1 Å².